The normalized spacial score (nSPS) is 21.3. The van der Waals surface area contributed by atoms with Gasteiger partial charge in [-0.15, -0.1) is 0 Å². The molecule has 40 heavy (non-hydrogen) atoms. The number of hydrogen-bond donors (Lipinski definition) is 1. The van der Waals surface area contributed by atoms with E-state index in [1.807, 2.05) is 84.9 Å². The van der Waals surface area contributed by atoms with Gasteiger partial charge in [0.05, 0.1) is 24.4 Å². The van der Waals surface area contributed by atoms with Crippen LogP contribution >= 0.6 is 0 Å². The number of ketones is 1. The largest absolute Gasteiger partial charge is 0.463 e. The lowest BCUT2D eigenvalue weighted by Gasteiger charge is -2.44. The number of hydrogen-bond acceptors (Lipinski definition) is 5. The summed E-state index contributed by atoms with van der Waals surface area (Å²) < 4.78 is 5.69. The highest BCUT2D eigenvalue weighted by Gasteiger charge is 2.64. The number of allylic oxidation sites excluding steroid dienone is 1. The van der Waals surface area contributed by atoms with E-state index in [2.05, 4.69) is 19.2 Å². The van der Waals surface area contributed by atoms with Gasteiger partial charge in [-0.1, -0.05) is 92.7 Å². The number of amides is 1. The van der Waals surface area contributed by atoms with Crippen molar-refractivity contribution in [2.24, 2.45) is 5.41 Å². The Morgan fingerprint density at radius 1 is 0.900 bits per heavy atom. The zero-order valence-electron chi connectivity index (χ0n) is 23.0. The molecule has 0 saturated carbocycles. The van der Waals surface area contributed by atoms with Gasteiger partial charge >= 0.3 is 5.97 Å². The van der Waals surface area contributed by atoms with E-state index < -0.39 is 11.4 Å². The summed E-state index contributed by atoms with van der Waals surface area (Å²) >= 11 is 0. The van der Waals surface area contributed by atoms with E-state index in [0.717, 1.165) is 11.3 Å². The number of esters is 1. The summed E-state index contributed by atoms with van der Waals surface area (Å²) in [6.07, 6.45) is 0.854. The first-order valence-electron chi connectivity index (χ1n) is 13.7. The number of para-hydroxylation sites is 1. The molecule has 3 aromatic carbocycles. The van der Waals surface area contributed by atoms with Crippen LogP contribution in [0.4, 0.5) is 5.69 Å². The summed E-state index contributed by atoms with van der Waals surface area (Å²) in [6.45, 7) is 6.24. The summed E-state index contributed by atoms with van der Waals surface area (Å²) in [5, 5.41) is 3.48. The molecule has 202 valence electrons. The molecular formula is C34H32N2O4. The third-order valence-corrected chi connectivity index (χ3v) is 8.02. The molecule has 3 aliphatic rings. The van der Waals surface area contributed by atoms with Crippen molar-refractivity contribution in [2.75, 3.05) is 11.9 Å². The van der Waals surface area contributed by atoms with E-state index in [1.54, 1.807) is 11.8 Å². The van der Waals surface area contributed by atoms with Crippen LogP contribution in [-0.2, 0) is 31.1 Å². The Morgan fingerprint density at radius 2 is 1.55 bits per heavy atom. The van der Waals surface area contributed by atoms with Crippen molar-refractivity contribution in [3.63, 3.8) is 0 Å². The summed E-state index contributed by atoms with van der Waals surface area (Å²) in [7, 11) is 0. The number of nitrogens with zero attached hydrogens (tertiary/aromatic N) is 1. The highest BCUT2D eigenvalue weighted by molar-refractivity contribution is 6.24. The van der Waals surface area contributed by atoms with E-state index in [1.165, 1.54) is 0 Å². The monoisotopic (exact) mass is 532 g/mol. The van der Waals surface area contributed by atoms with Gasteiger partial charge in [-0.2, -0.15) is 0 Å². The van der Waals surface area contributed by atoms with Crippen molar-refractivity contribution in [2.45, 2.75) is 45.6 Å². The number of nitrogens with one attached hydrogen (secondary N) is 1. The van der Waals surface area contributed by atoms with Gasteiger partial charge < -0.3 is 15.0 Å². The van der Waals surface area contributed by atoms with Gasteiger partial charge in [0.15, 0.2) is 5.78 Å². The maximum atomic E-state index is 15.2. The van der Waals surface area contributed by atoms with Crippen LogP contribution in [0.1, 0.15) is 50.3 Å². The molecule has 1 unspecified atom stereocenters. The van der Waals surface area contributed by atoms with Crippen LogP contribution in [0.2, 0.25) is 0 Å². The second-order valence-corrected chi connectivity index (χ2v) is 11.4. The molecule has 0 fully saturated rings. The Bertz CT molecular complexity index is 1590. The second-order valence-electron chi connectivity index (χ2n) is 11.4. The van der Waals surface area contributed by atoms with Crippen molar-refractivity contribution in [3.8, 4) is 0 Å². The summed E-state index contributed by atoms with van der Waals surface area (Å²) in [5.41, 5.74) is 2.77. The number of Topliss-reactive ketones (excluding diaryl/α,β-unsaturated/α-hetero) is 1. The maximum absolute atomic E-state index is 15.2. The van der Waals surface area contributed by atoms with Gasteiger partial charge in [0, 0.05) is 28.9 Å². The number of rotatable bonds is 5. The van der Waals surface area contributed by atoms with Crippen LogP contribution in [0.15, 0.2) is 102 Å². The molecule has 0 saturated heterocycles. The zero-order valence-corrected chi connectivity index (χ0v) is 23.0. The fraction of sp³-hybridized carbons (Fsp3) is 0.265. The lowest BCUT2D eigenvalue weighted by Crippen LogP contribution is -2.50. The van der Waals surface area contributed by atoms with Gasteiger partial charge in [-0.3, -0.25) is 9.59 Å². The molecule has 3 aromatic rings. The van der Waals surface area contributed by atoms with Crippen LogP contribution in [0.5, 0.6) is 0 Å². The molecule has 1 N–H and O–H groups in total. The van der Waals surface area contributed by atoms with E-state index in [9.17, 15) is 9.59 Å². The van der Waals surface area contributed by atoms with Gasteiger partial charge in [0.1, 0.15) is 5.41 Å². The highest BCUT2D eigenvalue weighted by atomic mass is 16.5. The smallest absolute Gasteiger partial charge is 0.337 e. The first-order chi connectivity index (χ1) is 19.3. The maximum Gasteiger partial charge on any atom is 0.337 e. The van der Waals surface area contributed by atoms with Crippen LogP contribution < -0.4 is 5.32 Å². The second kappa shape index (κ2) is 9.63. The minimum Gasteiger partial charge on any atom is -0.463 e. The van der Waals surface area contributed by atoms with Crippen molar-refractivity contribution >= 4 is 29.0 Å². The predicted molar refractivity (Wildman–Crippen MR) is 154 cm³/mol. The van der Waals surface area contributed by atoms with E-state index in [4.69, 9.17) is 4.74 Å². The van der Waals surface area contributed by atoms with E-state index >= 15 is 4.79 Å². The Kier molecular flexibility index (Phi) is 6.21. The van der Waals surface area contributed by atoms with E-state index in [0.29, 0.717) is 34.5 Å². The Balaban J connectivity index is 1.73. The number of benzene rings is 3. The van der Waals surface area contributed by atoms with Crippen molar-refractivity contribution in [1.29, 1.82) is 0 Å². The van der Waals surface area contributed by atoms with E-state index in [-0.39, 0.29) is 42.3 Å². The molecule has 6 rings (SSSR count). The minimum absolute atomic E-state index is 0.127. The Labute approximate surface area is 234 Å². The molecule has 0 radical (unpaired) electrons. The predicted octanol–water partition coefficient (Wildman–Crippen LogP) is 6.01. The molecule has 2 heterocycles. The van der Waals surface area contributed by atoms with Crippen LogP contribution in [0.3, 0.4) is 0 Å². The van der Waals surface area contributed by atoms with Crippen molar-refractivity contribution in [1.82, 2.24) is 4.90 Å². The topological polar surface area (TPSA) is 75.7 Å². The van der Waals surface area contributed by atoms with Crippen molar-refractivity contribution in [3.05, 3.63) is 118 Å². The molecule has 6 heteroatoms. The number of ether oxygens (including phenoxy) is 1. The van der Waals surface area contributed by atoms with Crippen LogP contribution in [0.25, 0.3) is 5.70 Å². The summed E-state index contributed by atoms with van der Waals surface area (Å²) in [6, 6.07) is 26.7. The molecule has 6 nitrogen and oxygen atoms in total. The SMILES string of the molecule is CCOC(=O)C1=C(c2ccccc2)N(Cc2ccccc2)C(=O)C12C1=C(CC(C)(C)CC1=O)Nc1ccccc12. The molecular weight excluding hydrogens is 500 g/mol. The van der Waals surface area contributed by atoms with Crippen molar-refractivity contribution < 1.29 is 19.1 Å². The Morgan fingerprint density at radius 3 is 2.25 bits per heavy atom. The lowest BCUT2D eigenvalue weighted by atomic mass is 9.60. The fourth-order valence-corrected chi connectivity index (χ4v) is 6.55. The molecule has 0 bridgehead atoms. The standard InChI is InChI=1S/C34H32N2O4/c1-4-40-31(38)29-30(23-15-9-6-10-16-23)36(21-22-13-7-5-8-14-22)32(39)34(29)24-17-11-12-18-25(24)35-26-19-33(2,3)20-27(37)28(26)34/h5-18,35H,4,19-21H2,1-3H3. The first kappa shape index (κ1) is 25.8. The summed E-state index contributed by atoms with van der Waals surface area (Å²) in [4.78, 5) is 45.2. The molecule has 1 spiro atoms. The molecule has 2 aliphatic heterocycles. The fourth-order valence-electron chi connectivity index (χ4n) is 6.55. The first-order valence-corrected chi connectivity index (χ1v) is 13.7. The van der Waals surface area contributed by atoms with Gasteiger partial charge in [0.25, 0.3) is 0 Å². The molecule has 1 atom stereocenters. The number of fused-ring (bicyclic) bond motifs is 3. The highest BCUT2D eigenvalue weighted by Crippen LogP contribution is 2.58. The third-order valence-electron chi connectivity index (χ3n) is 8.02. The van der Waals surface area contributed by atoms with Gasteiger partial charge in [-0.05, 0) is 36.0 Å². The van der Waals surface area contributed by atoms with Gasteiger partial charge in [-0.25, -0.2) is 4.79 Å². The lowest BCUT2D eigenvalue weighted by molar-refractivity contribution is -0.141. The Hall–Kier alpha value is -4.45. The number of anilines is 1. The third kappa shape index (κ3) is 3.89. The quantitative estimate of drug-likeness (QED) is 0.408. The molecule has 1 aliphatic carbocycles. The average molecular weight is 533 g/mol. The summed E-state index contributed by atoms with van der Waals surface area (Å²) in [5.74, 6) is -1.03. The minimum atomic E-state index is -1.63. The van der Waals surface area contributed by atoms with Gasteiger partial charge in [0.2, 0.25) is 5.91 Å². The number of carbonyl (C=O) groups is 3. The molecule has 0 aromatic heterocycles. The van der Waals surface area contributed by atoms with Crippen LogP contribution in [0, 0.1) is 5.41 Å². The number of carbonyl (C=O) groups excluding carboxylic acids is 3. The average Bonchev–Trinajstić information content (AvgIpc) is 3.17. The molecule has 1 amide bonds. The van der Waals surface area contributed by atoms with Crippen LogP contribution in [-0.4, -0.2) is 29.2 Å². The zero-order chi connectivity index (χ0) is 28.1.